The number of carbonyl (C=O) groups excluding carboxylic acids is 2. The van der Waals surface area contributed by atoms with Gasteiger partial charge in [-0.1, -0.05) is 12.1 Å². The minimum absolute atomic E-state index is 0.00480. The molecule has 0 radical (unpaired) electrons. The SMILES string of the molecule is NS(=O)(=O)c1ccc(-c2cncc3cc(/C=C4/SC(=O)NC4=O)oc23)cc1. The number of thioether (sulfide) groups is 1. The number of pyridine rings is 1. The lowest BCUT2D eigenvalue weighted by atomic mass is 10.1. The van der Waals surface area contributed by atoms with Crippen LogP contribution in [0.1, 0.15) is 5.76 Å². The summed E-state index contributed by atoms with van der Waals surface area (Å²) >= 11 is 0.800. The van der Waals surface area contributed by atoms with Crippen molar-refractivity contribution in [1.29, 1.82) is 0 Å². The van der Waals surface area contributed by atoms with Crippen molar-refractivity contribution in [2.75, 3.05) is 0 Å². The molecule has 3 N–H and O–H groups in total. The van der Waals surface area contributed by atoms with Gasteiger partial charge in [0.1, 0.15) is 11.3 Å². The second-order valence-corrected chi connectivity index (χ2v) is 8.25. The number of furan rings is 1. The normalized spacial score (nSPS) is 16.3. The van der Waals surface area contributed by atoms with E-state index in [-0.39, 0.29) is 9.80 Å². The molecular formula is C17H11N3O5S2. The Morgan fingerprint density at radius 1 is 1.15 bits per heavy atom. The maximum atomic E-state index is 11.7. The summed E-state index contributed by atoms with van der Waals surface area (Å²) in [6, 6.07) is 7.72. The molecule has 2 amide bonds. The van der Waals surface area contributed by atoms with Gasteiger partial charge in [0.2, 0.25) is 10.0 Å². The van der Waals surface area contributed by atoms with Crippen molar-refractivity contribution in [2.24, 2.45) is 5.14 Å². The molecule has 8 nitrogen and oxygen atoms in total. The van der Waals surface area contributed by atoms with Gasteiger partial charge in [0.25, 0.3) is 11.1 Å². The van der Waals surface area contributed by atoms with Crippen molar-refractivity contribution in [3.8, 4) is 11.1 Å². The first-order chi connectivity index (χ1) is 12.8. The smallest absolute Gasteiger partial charge is 0.290 e. The molecule has 3 aromatic rings. The molecule has 0 aliphatic carbocycles. The third-order valence-electron chi connectivity index (χ3n) is 3.85. The summed E-state index contributed by atoms with van der Waals surface area (Å²) in [6.45, 7) is 0. The molecule has 10 heteroatoms. The minimum Gasteiger partial charge on any atom is -0.456 e. The highest BCUT2D eigenvalue weighted by atomic mass is 32.2. The summed E-state index contributed by atoms with van der Waals surface area (Å²) in [5.41, 5.74) is 1.87. The fourth-order valence-electron chi connectivity index (χ4n) is 2.63. The van der Waals surface area contributed by atoms with Crippen LogP contribution in [0.4, 0.5) is 4.79 Å². The number of primary sulfonamides is 1. The first kappa shape index (κ1) is 17.5. The third kappa shape index (κ3) is 3.37. The van der Waals surface area contributed by atoms with Gasteiger partial charge < -0.3 is 4.42 Å². The zero-order valence-electron chi connectivity index (χ0n) is 13.5. The van der Waals surface area contributed by atoms with Crippen LogP contribution in [0.3, 0.4) is 0 Å². The first-order valence-corrected chi connectivity index (χ1v) is 9.93. The van der Waals surface area contributed by atoms with Gasteiger partial charge in [0.15, 0.2) is 0 Å². The second-order valence-electron chi connectivity index (χ2n) is 5.68. The van der Waals surface area contributed by atoms with E-state index in [1.807, 2.05) is 0 Å². The number of fused-ring (bicyclic) bond motifs is 1. The Kier molecular flexibility index (Phi) is 4.10. The van der Waals surface area contributed by atoms with E-state index in [9.17, 15) is 18.0 Å². The molecule has 1 saturated heterocycles. The maximum absolute atomic E-state index is 11.7. The second kappa shape index (κ2) is 6.34. The number of nitrogens with zero attached hydrogens (tertiary/aromatic N) is 1. The Balaban J connectivity index is 1.77. The van der Waals surface area contributed by atoms with Crippen LogP contribution in [0.2, 0.25) is 0 Å². The van der Waals surface area contributed by atoms with Crippen LogP contribution >= 0.6 is 11.8 Å². The van der Waals surface area contributed by atoms with E-state index >= 15 is 0 Å². The topological polar surface area (TPSA) is 132 Å². The molecule has 1 aromatic carbocycles. The standard InChI is InChI=1S/C17H11N3O5S2/c18-27(23,24)12-3-1-9(2-4-12)13-8-19-7-10-5-11(25-15(10)13)6-14-16(21)20-17(22)26-14/h1-8H,(H2,18,23,24)(H,20,21,22)/b14-6+. The van der Waals surface area contributed by atoms with Crippen LogP contribution in [0, 0.1) is 0 Å². The van der Waals surface area contributed by atoms with Gasteiger partial charge in [0, 0.05) is 29.4 Å². The average Bonchev–Trinajstić information content (AvgIpc) is 3.16. The van der Waals surface area contributed by atoms with Gasteiger partial charge >= 0.3 is 0 Å². The van der Waals surface area contributed by atoms with E-state index < -0.39 is 21.2 Å². The molecule has 4 rings (SSSR count). The molecule has 0 saturated carbocycles. The summed E-state index contributed by atoms with van der Waals surface area (Å²) in [5, 5.41) is 7.56. The molecule has 0 unspecified atom stereocenters. The lowest BCUT2D eigenvalue weighted by molar-refractivity contribution is -0.115. The molecule has 1 fully saturated rings. The largest absolute Gasteiger partial charge is 0.456 e. The number of nitrogens with two attached hydrogens (primary N) is 1. The Morgan fingerprint density at radius 2 is 1.89 bits per heavy atom. The van der Waals surface area contributed by atoms with Crippen molar-refractivity contribution < 1.29 is 22.4 Å². The van der Waals surface area contributed by atoms with Crippen LogP contribution in [-0.4, -0.2) is 24.5 Å². The lowest BCUT2D eigenvalue weighted by Gasteiger charge is -2.03. The number of nitrogens with one attached hydrogen (secondary N) is 1. The van der Waals surface area contributed by atoms with E-state index in [1.165, 1.54) is 18.2 Å². The predicted molar refractivity (Wildman–Crippen MR) is 99.9 cm³/mol. The van der Waals surface area contributed by atoms with Gasteiger partial charge in [-0.15, -0.1) is 0 Å². The van der Waals surface area contributed by atoms with E-state index in [2.05, 4.69) is 10.3 Å². The molecule has 1 aliphatic rings. The Hall–Kier alpha value is -2.95. The maximum Gasteiger partial charge on any atom is 0.290 e. The van der Waals surface area contributed by atoms with Crippen molar-refractivity contribution in [1.82, 2.24) is 10.3 Å². The predicted octanol–water partition coefficient (Wildman–Crippen LogP) is 2.47. The van der Waals surface area contributed by atoms with Crippen LogP contribution < -0.4 is 10.5 Å². The number of hydrogen-bond acceptors (Lipinski definition) is 7. The molecule has 27 heavy (non-hydrogen) atoms. The number of rotatable bonds is 3. The van der Waals surface area contributed by atoms with Gasteiger partial charge in [-0.25, -0.2) is 13.6 Å². The van der Waals surface area contributed by atoms with Gasteiger partial charge in [0.05, 0.1) is 9.80 Å². The fourth-order valence-corrected chi connectivity index (χ4v) is 3.81. The van der Waals surface area contributed by atoms with E-state index in [0.717, 1.165) is 11.8 Å². The molecule has 0 bridgehead atoms. The number of sulfonamides is 1. The quantitative estimate of drug-likeness (QED) is 0.644. The molecule has 0 spiro atoms. The Morgan fingerprint density at radius 3 is 2.52 bits per heavy atom. The first-order valence-electron chi connectivity index (χ1n) is 7.57. The van der Waals surface area contributed by atoms with Crippen LogP contribution in [0.25, 0.3) is 28.2 Å². The summed E-state index contributed by atoms with van der Waals surface area (Å²) in [7, 11) is -3.78. The molecule has 1 aliphatic heterocycles. The number of hydrogen-bond donors (Lipinski definition) is 2. The van der Waals surface area contributed by atoms with E-state index in [4.69, 9.17) is 9.56 Å². The summed E-state index contributed by atoms with van der Waals surface area (Å²) in [5.74, 6) is -0.0739. The minimum atomic E-state index is -3.78. The lowest BCUT2D eigenvalue weighted by Crippen LogP contribution is -2.17. The summed E-state index contributed by atoms with van der Waals surface area (Å²) in [6.07, 6.45) is 4.68. The van der Waals surface area contributed by atoms with Gasteiger partial charge in [-0.05, 0) is 35.5 Å². The zero-order chi connectivity index (χ0) is 19.2. The Bertz CT molecular complexity index is 1230. The van der Waals surface area contributed by atoms with Crippen molar-refractivity contribution in [2.45, 2.75) is 4.90 Å². The zero-order valence-corrected chi connectivity index (χ0v) is 15.1. The third-order valence-corrected chi connectivity index (χ3v) is 5.59. The highest BCUT2D eigenvalue weighted by Gasteiger charge is 2.25. The molecular weight excluding hydrogens is 390 g/mol. The molecule has 136 valence electrons. The average molecular weight is 401 g/mol. The number of imide groups is 1. The fraction of sp³-hybridized carbons (Fsp3) is 0. The number of carbonyl (C=O) groups is 2. The number of benzene rings is 1. The van der Waals surface area contributed by atoms with Crippen LogP contribution in [-0.2, 0) is 14.8 Å². The van der Waals surface area contributed by atoms with Gasteiger partial charge in [-0.3, -0.25) is 19.9 Å². The molecule has 3 heterocycles. The molecule has 0 atom stereocenters. The highest BCUT2D eigenvalue weighted by Crippen LogP contribution is 2.33. The van der Waals surface area contributed by atoms with Crippen molar-refractivity contribution >= 4 is 50.0 Å². The number of amides is 2. The van der Waals surface area contributed by atoms with Crippen molar-refractivity contribution in [3.05, 3.63) is 53.4 Å². The van der Waals surface area contributed by atoms with E-state index in [0.29, 0.717) is 27.9 Å². The van der Waals surface area contributed by atoms with Crippen LogP contribution in [0.5, 0.6) is 0 Å². The number of aromatic nitrogens is 1. The van der Waals surface area contributed by atoms with Gasteiger partial charge in [-0.2, -0.15) is 0 Å². The molecule has 2 aromatic heterocycles. The van der Waals surface area contributed by atoms with Crippen molar-refractivity contribution in [3.63, 3.8) is 0 Å². The van der Waals surface area contributed by atoms with E-state index in [1.54, 1.807) is 30.6 Å². The summed E-state index contributed by atoms with van der Waals surface area (Å²) < 4.78 is 28.6. The summed E-state index contributed by atoms with van der Waals surface area (Å²) in [4.78, 5) is 27.3. The monoisotopic (exact) mass is 401 g/mol. The Labute approximate surface area is 157 Å². The highest BCUT2D eigenvalue weighted by molar-refractivity contribution is 8.18. The van der Waals surface area contributed by atoms with Crippen LogP contribution in [0.15, 0.2) is 56.9 Å².